The second-order valence-electron chi connectivity index (χ2n) is 5.43. The number of aromatic nitrogens is 3. The molecular weight excluding hydrogens is 402 g/mol. The Hall–Kier alpha value is -1.63. The molecule has 0 fully saturated rings. The first kappa shape index (κ1) is 15.9. The molecule has 2 aromatic heterocycles. The van der Waals surface area contributed by atoms with Crippen LogP contribution in [0.15, 0.2) is 63.5 Å². The highest BCUT2D eigenvalue weighted by atomic mass is 79.9. The first-order valence-corrected chi connectivity index (χ1v) is 10.1. The van der Waals surface area contributed by atoms with Gasteiger partial charge in [-0.1, -0.05) is 58.0 Å². The summed E-state index contributed by atoms with van der Waals surface area (Å²) in [6.45, 7) is 0. The molecular formula is C18H14BrN3S2. The van der Waals surface area contributed by atoms with Crippen molar-refractivity contribution in [1.82, 2.24) is 14.8 Å². The lowest BCUT2D eigenvalue weighted by atomic mass is 10.2. The van der Waals surface area contributed by atoms with E-state index in [2.05, 4.69) is 78.5 Å². The molecule has 0 aliphatic carbocycles. The third-order valence-corrected chi connectivity index (χ3v) is 6.36. The van der Waals surface area contributed by atoms with Crippen molar-refractivity contribution in [2.24, 2.45) is 7.05 Å². The summed E-state index contributed by atoms with van der Waals surface area (Å²) in [4.78, 5) is 0. The van der Waals surface area contributed by atoms with Gasteiger partial charge in [-0.15, -0.1) is 21.5 Å². The SMILES string of the molecule is Cn1c(SCc2cccc(Br)c2)nnc1-c1csc2ccccc12. The molecule has 6 heteroatoms. The Morgan fingerprint density at radius 2 is 2.00 bits per heavy atom. The number of thiophene rings is 1. The van der Waals surface area contributed by atoms with Gasteiger partial charge in [-0.05, 0) is 23.8 Å². The summed E-state index contributed by atoms with van der Waals surface area (Å²) in [7, 11) is 2.03. The molecule has 4 rings (SSSR count). The molecule has 0 N–H and O–H groups in total. The van der Waals surface area contributed by atoms with Gasteiger partial charge in [-0.2, -0.15) is 0 Å². The van der Waals surface area contributed by atoms with E-state index in [1.54, 1.807) is 23.1 Å². The predicted molar refractivity (Wildman–Crippen MR) is 106 cm³/mol. The van der Waals surface area contributed by atoms with Gasteiger partial charge in [-0.3, -0.25) is 0 Å². The monoisotopic (exact) mass is 415 g/mol. The lowest BCUT2D eigenvalue weighted by Gasteiger charge is -2.04. The molecule has 2 heterocycles. The molecule has 0 radical (unpaired) electrons. The minimum atomic E-state index is 0.871. The lowest BCUT2D eigenvalue weighted by Crippen LogP contribution is -1.94. The van der Waals surface area contributed by atoms with E-state index >= 15 is 0 Å². The summed E-state index contributed by atoms with van der Waals surface area (Å²) in [5.41, 5.74) is 2.42. The largest absolute Gasteiger partial charge is 0.305 e. The molecule has 24 heavy (non-hydrogen) atoms. The van der Waals surface area contributed by atoms with E-state index in [0.717, 1.165) is 26.8 Å². The Labute approximate surface area is 156 Å². The van der Waals surface area contributed by atoms with Crippen LogP contribution in [0.2, 0.25) is 0 Å². The molecule has 2 aromatic carbocycles. The highest BCUT2D eigenvalue weighted by Gasteiger charge is 2.15. The second kappa shape index (κ2) is 6.70. The summed E-state index contributed by atoms with van der Waals surface area (Å²) in [5.74, 6) is 1.79. The topological polar surface area (TPSA) is 30.7 Å². The highest BCUT2D eigenvalue weighted by Crippen LogP contribution is 2.34. The Kier molecular flexibility index (Phi) is 4.43. The van der Waals surface area contributed by atoms with Crippen molar-refractivity contribution in [2.45, 2.75) is 10.9 Å². The van der Waals surface area contributed by atoms with Gasteiger partial charge in [0.1, 0.15) is 0 Å². The second-order valence-corrected chi connectivity index (χ2v) is 8.20. The van der Waals surface area contributed by atoms with Crippen molar-refractivity contribution < 1.29 is 0 Å². The predicted octanol–water partition coefficient (Wildman–Crippen LogP) is 5.75. The van der Waals surface area contributed by atoms with Crippen molar-refractivity contribution in [2.75, 3.05) is 0 Å². The quantitative estimate of drug-likeness (QED) is 0.397. The first-order chi connectivity index (χ1) is 11.7. The first-order valence-electron chi connectivity index (χ1n) is 7.45. The Morgan fingerprint density at radius 3 is 2.88 bits per heavy atom. The number of hydrogen-bond acceptors (Lipinski definition) is 4. The molecule has 4 aromatic rings. The van der Waals surface area contributed by atoms with Crippen molar-refractivity contribution in [1.29, 1.82) is 0 Å². The maximum Gasteiger partial charge on any atom is 0.191 e. The fourth-order valence-corrected chi connectivity index (χ4v) is 4.84. The van der Waals surface area contributed by atoms with Crippen LogP contribution < -0.4 is 0 Å². The number of fused-ring (bicyclic) bond motifs is 1. The van der Waals surface area contributed by atoms with Crippen LogP contribution in [-0.4, -0.2) is 14.8 Å². The number of nitrogens with zero attached hydrogens (tertiary/aromatic N) is 3. The van der Waals surface area contributed by atoms with Gasteiger partial charge in [0.05, 0.1) is 0 Å². The van der Waals surface area contributed by atoms with Gasteiger partial charge in [0, 0.05) is 38.3 Å². The molecule has 0 spiro atoms. The number of halogens is 1. The summed E-state index contributed by atoms with van der Waals surface area (Å²) in [6.07, 6.45) is 0. The maximum absolute atomic E-state index is 4.43. The van der Waals surface area contributed by atoms with Gasteiger partial charge in [0.15, 0.2) is 11.0 Å². The fourth-order valence-electron chi connectivity index (χ4n) is 2.60. The van der Waals surface area contributed by atoms with Gasteiger partial charge in [0.2, 0.25) is 0 Å². The van der Waals surface area contributed by atoms with Gasteiger partial charge < -0.3 is 4.57 Å². The molecule has 0 bridgehead atoms. The van der Waals surface area contributed by atoms with E-state index in [9.17, 15) is 0 Å². The van der Waals surface area contributed by atoms with Crippen molar-refractivity contribution in [3.8, 4) is 11.4 Å². The molecule has 3 nitrogen and oxygen atoms in total. The average molecular weight is 416 g/mol. The Morgan fingerprint density at radius 1 is 1.12 bits per heavy atom. The molecule has 0 aliphatic rings. The van der Waals surface area contributed by atoms with Crippen LogP contribution in [0.3, 0.4) is 0 Å². The van der Waals surface area contributed by atoms with Crippen LogP contribution in [0.1, 0.15) is 5.56 Å². The zero-order valence-electron chi connectivity index (χ0n) is 12.9. The number of hydrogen-bond donors (Lipinski definition) is 0. The summed E-state index contributed by atoms with van der Waals surface area (Å²) < 4.78 is 4.46. The highest BCUT2D eigenvalue weighted by molar-refractivity contribution is 9.10. The van der Waals surface area contributed by atoms with E-state index in [0.29, 0.717) is 0 Å². The smallest absolute Gasteiger partial charge is 0.191 e. The Balaban J connectivity index is 1.61. The minimum Gasteiger partial charge on any atom is -0.305 e. The van der Waals surface area contributed by atoms with Gasteiger partial charge in [0.25, 0.3) is 0 Å². The zero-order chi connectivity index (χ0) is 16.5. The van der Waals surface area contributed by atoms with Crippen molar-refractivity contribution >= 4 is 49.1 Å². The molecule has 0 saturated heterocycles. The molecule has 0 unspecified atom stereocenters. The van der Waals surface area contributed by atoms with Crippen LogP contribution in [0, 0.1) is 0 Å². The lowest BCUT2D eigenvalue weighted by molar-refractivity contribution is 0.794. The van der Waals surface area contributed by atoms with Crippen LogP contribution >= 0.6 is 39.0 Å². The summed E-state index contributed by atoms with van der Waals surface area (Å²) >= 11 is 6.96. The minimum absolute atomic E-state index is 0.871. The third-order valence-electron chi connectivity index (χ3n) is 3.81. The van der Waals surface area contributed by atoms with E-state index < -0.39 is 0 Å². The maximum atomic E-state index is 4.43. The molecule has 0 atom stereocenters. The standard InChI is InChI=1S/C18H14BrN3S2/c1-22-17(15-11-23-16-8-3-2-7-14(15)16)20-21-18(22)24-10-12-5-4-6-13(19)9-12/h2-9,11H,10H2,1H3. The number of rotatable bonds is 4. The van der Waals surface area contributed by atoms with E-state index in [1.807, 2.05) is 13.1 Å². The van der Waals surface area contributed by atoms with E-state index in [-0.39, 0.29) is 0 Å². The normalized spacial score (nSPS) is 11.2. The van der Waals surface area contributed by atoms with Crippen LogP contribution in [0.25, 0.3) is 21.5 Å². The molecule has 0 saturated carbocycles. The zero-order valence-corrected chi connectivity index (χ0v) is 16.2. The van der Waals surface area contributed by atoms with Crippen molar-refractivity contribution in [3.05, 3.63) is 63.9 Å². The molecule has 120 valence electrons. The Bertz CT molecular complexity index is 1010. The van der Waals surface area contributed by atoms with Crippen molar-refractivity contribution in [3.63, 3.8) is 0 Å². The van der Waals surface area contributed by atoms with Gasteiger partial charge in [-0.25, -0.2) is 0 Å². The van der Waals surface area contributed by atoms with E-state index in [1.165, 1.54) is 15.6 Å². The third kappa shape index (κ3) is 3.01. The fraction of sp³-hybridized carbons (Fsp3) is 0.111. The molecule has 0 amide bonds. The average Bonchev–Trinajstić information content (AvgIpc) is 3.16. The number of thioether (sulfide) groups is 1. The summed E-state index contributed by atoms with van der Waals surface area (Å²) in [6, 6.07) is 16.8. The van der Waals surface area contributed by atoms with E-state index in [4.69, 9.17) is 0 Å². The summed E-state index contributed by atoms with van der Waals surface area (Å²) in [5, 5.41) is 13.1. The van der Waals surface area contributed by atoms with Crippen LogP contribution in [-0.2, 0) is 12.8 Å². The van der Waals surface area contributed by atoms with Crippen LogP contribution in [0.4, 0.5) is 0 Å². The molecule has 0 aliphatic heterocycles. The van der Waals surface area contributed by atoms with Crippen LogP contribution in [0.5, 0.6) is 0 Å². The number of benzene rings is 2. The van der Waals surface area contributed by atoms with Gasteiger partial charge >= 0.3 is 0 Å².